The van der Waals surface area contributed by atoms with Gasteiger partial charge in [0.05, 0.1) is 13.2 Å². The highest BCUT2D eigenvalue weighted by atomic mass is 32.2. The molecule has 1 aromatic heterocycles. The first-order valence-electron chi connectivity index (χ1n) is 9.40. The third-order valence-corrected chi connectivity index (χ3v) is 7.76. The van der Waals surface area contributed by atoms with E-state index in [1.54, 1.807) is 37.9 Å². The zero-order valence-electron chi connectivity index (χ0n) is 16.4. The summed E-state index contributed by atoms with van der Waals surface area (Å²) in [6, 6.07) is 11.6. The molecule has 0 spiro atoms. The van der Waals surface area contributed by atoms with Gasteiger partial charge in [-0.25, -0.2) is 0 Å². The van der Waals surface area contributed by atoms with E-state index in [1.807, 2.05) is 36.4 Å². The second kappa shape index (κ2) is 7.35. The van der Waals surface area contributed by atoms with E-state index >= 15 is 0 Å². The molecule has 2 saturated heterocycles. The van der Waals surface area contributed by atoms with Crippen LogP contribution >= 0.6 is 0 Å². The molecular weight excluding hydrogens is 376 g/mol. The first-order valence-corrected chi connectivity index (χ1v) is 10.8. The molecule has 3 heterocycles. The lowest BCUT2D eigenvalue weighted by Crippen LogP contribution is -2.42. The van der Waals surface area contributed by atoms with Gasteiger partial charge in [-0.2, -0.15) is 17.0 Å². The summed E-state index contributed by atoms with van der Waals surface area (Å²) in [6.07, 6.45) is 3.60. The molecule has 1 aromatic carbocycles. The Bertz CT molecular complexity index is 918. The van der Waals surface area contributed by atoms with Crippen LogP contribution in [0.1, 0.15) is 11.6 Å². The fourth-order valence-corrected chi connectivity index (χ4v) is 5.80. The molecule has 0 amide bonds. The minimum atomic E-state index is -3.51. The van der Waals surface area contributed by atoms with Gasteiger partial charge in [-0.15, -0.1) is 0 Å². The van der Waals surface area contributed by atoms with Crippen molar-refractivity contribution in [2.75, 3.05) is 45.7 Å². The van der Waals surface area contributed by atoms with Crippen molar-refractivity contribution in [2.24, 2.45) is 11.8 Å². The van der Waals surface area contributed by atoms with Crippen molar-refractivity contribution in [1.82, 2.24) is 13.6 Å². The predicted molar refractivity (Wildman–Crippen MR) is 108 cm³/mol. The number of hydrogen-bond donors (Lipinski definition) is 0. The maximum absolute atomic E-state index is 13.0. The van der Waals surface area contributed by atoms with Crippen LogP contribution in [0.15, 0.2) is 48.8 Å². The summed E-state index contributed by atoms with van der Waals surface area (Å²) in [5, 5.41) is 0. The number of ether oxygens (including phenoxy) is 1. The summed E-state index contributed by atoms with van der Waals surface area (Å²) in [5.74, 6) is 1.29. The van der Waals surface area contributed by atoms with E-state index in [0.717, 1.165) is 30.1 Å². The third kappa shape index (κ3) is 3.25. The quantitative estimate of drug-likeness (QED) is 0.765. The number of nitrogens with zero attached hydrogens (tertiary/aromatic N) is 4. The standard InChI is InChI=1S/C20H26N4O3S/c1-22(2)28(25,26)24-13-16-12-23(17-8-10-21-11-9-17)14-19(16)20(24)15-4-6-18(27-3)7-5-15/h4-11,16,19-20H,12-14H2,1-3H3/t16-,19-,20-/m0/s1. The van der Waals surface area contributed by atoms with E-state index in [9.17, 15) is 8.42 Å². The number of anilines is 1. The van der Waals surface area contributed by atoms with Gasteiger partial charge in [-0.05, 0) is 35.7 Å². The summed E-state index contributed by atoms with van der Waals surface area (Å²) < 4.78 is 34.3. The molecule has 0 unspecified atom stereocenters. The smallest absolute Gasteiger partial charge is 0.282 e. The Morgan fingerprint density at radius 1 is 1.04 bits per heavy atom. The van der Waals surface area contributed by atoms with Crippen molar-refractivity contribution in [3.05, 3.63) is 54.4 Å². The van der Waals surface area contributed by atoms with Crippen molar-refractivity contribution in [3.63, 3.8) is 0 Å². The monoisotopic (exact) mass is 402 g/mol. The van der Waals surface area contributed by atoms with Crippen molar-refractivity contribution in [1.29, 1.82) is 0 Å². The van der Waals surface area contributed by atoms with Crippen LogP contribution in [0.2, 0.25) is 0 Å². The fourth-order valence-electron chi connectivity index (χ4n) is 4.43. The second-order valence-corrected chi connectivity index (χ2v) is 9.71. The van der Waals surface area contributed by atoms with E-state index in [-0.39, 0.29) is 17.9 Å². The van der Waals surface area contributed by atoms with Crippen LogP contribution < -0.4 is 9.64 Å². The summed E-state index contributed by atoms with van der Waals surface area (Å²) in [5.41, 5.74) is 2.15. The topological polar surface area (TPSA) is 66.0 Å². The molecule has 150 valence electrons. The summed E-state index contributed by atoms with van der Waals surface area (Å²) >= 11 is 0. The molecule has 28 heavy (non-hydrogen) atoms. The average molecular weight is 403 g/mol. The van der Waals surface area contributed by atoms with Gasteiger partial charge in [0.2, 0.25) is 0 Å². The van der Waals surface area contributed by atoms with E-state index < -0.39 is 10.2 Å². The molecule has 0 bridgehead atoms. The van der Waals surface area contributed by atoms with Gasteiger partial charge in [-0.1, -0.05) is 12.1 Å². The number of benzene rings is 1. The van der Waals surface area contributed by atoms with Crippen molar-refractivity contribution >= 4 is 15.9 Å². The van der Waals surface area contributed by atoms with Crippen molar-refractivity contribution < 1.29 is 13.2 Å². The van der Waals surface area contributed by atoms with Gasteiger partial charge in [0.15, 0.2) is 0 Å². The lowest BCUT2D eigenvalue weighted by Gasteiger charge is -2.31. The Morgan fingerprint density at radius 3 is 2.32 bits per heavy atom. The van der Waals surface area contributed by atoms with E-state index in [0.29, 0.717) is 6.54 Å². The molecule has 0 N–H and O–H groups in total. The SMILES string of the molecule is COc1ccc([C@H]2[C@H]3CN(c4ccncc4)C[C@H]3CN2S(=O)(=O)N(C)C)cc1. The number of aromatic nitrogens is 1. The van der Waals surface area contributed by atoms with Crippen molar-refractivity contribution in [3.8, 4) is 5.75 Å². The molecule has 7 nitrogen and oxygen atoms in total. The average Bonchev–Trinajstić information content (AvgIpc) is 3.27. The molecule has 3 atom stereocenters. The van der Waals surface area contributed by atoms with Crippen LogP contribution in [0, 0.1) is 11.8 Å². The summed E-state index contributed by atoms with van der Waals surface area (Å²) in [4.78, 5) is 6.44. The molecule has 2 aliphatic heterocycles. The minimum absolute atomic E-state index is 0.185. The van der Waals surface area contributed by atoms with Crippen LogP contribution in [0.4, 0.5) is 5.69 Å². The largest absolute Gasteiger partial charge is 0.497 e. The first-order chi connectivity index (χ1) is 13.4. The number of rotatable bonds is 5. The molecule has 2 aromatic rings. The van der Waals surface area contributed by atoms with Gasteiger partial charge in [0, 0.05) is 57.7 Å². The highest BCUT2D eigenvalue weighted by Gasteiger charge is 2.51. The molecular formula is C20H26N4O3S. The number of pyridine rings is 1. The first kappa shape index (κ1) is 19.2. The molecule has 4 rings (SSSR count). The number of fused-ring (bicyclic) bond motifs is 1. The zero-order chi connectivity index (χ0) is 19.9. The Morgan fingerprint density at radius 2 is 1.71 bits per heavy atom. The van der Waals surface area contributed by atoms with Gasteiger partial charge >= 0.3 is 0 Å². The zero-order valence-corrected chi connectivity index (χ0v) is 17.2. The van der Waals surface area contributed by atoms with Crippen LogP contribution in [0.3, 0.4) is 0 Å². The predicted octanol–water partition coefficient (Wildman–Crippen LogP) is 2.01. The van der Waals surface area contributed by atoms with Crippen LogP contribution in [0.25, 0.3) is 0 Å². The van der Waals surface area contributed by atoms with E-state index in [4.69, 9.17) is 4.74 Å². The summed E-state index contributed by atoms with van der Waals surface area (Å²) in [6.45, 7) is 2.20. The highest BCUT2D eigenvalue weighted by Crippen LogP contribution is 2.47. The normalized spacial score (nSPS) is 25.3. The van der Waals surface area contributed by atoms with Crippen LogP contribution in [-0.4, -0.2) is 62.9 Å². The van der Waals surface area contributed by atoms with E-state index in [2.05, 4.69) is 9.88 Å². The Labute approximate surface area is 166 Å². The summed E-state index contributed by atoms with van der Waals surface area (Å²) in [7, 11) is 1.32. The van der Waals surface area contributed by atoms with Gasteiger partial charge < -0.3 is 9.64 Å². The van der Waals surface area contributed by atoms with Crippen molar-refractivity contribution in [2.45, 2.75) is 6.04 Å². The number of hydrogen-bond acceptors (Lipinski definition) is 5. The van der Waals surface area contributed by atoms with Gasteiger partial charge in [0.25, 0.3) is 10.2 Å². The maximum Gasteiger partial charge on any atom is 0.282 e. The molecule has 0 saturated carbocycles. The Hall–Kier alpha value is -2.16. The number of methoxy groups -OCH3 is 1. The maximum atomic E-state index is 13.0. The van der Waals surface area contributed by atoms with E-state index in [1.165, 1.54) is 4.31 Å². The molecule has 8 heteroatoms. The molecule has 2 aliphatic rings. The molecule has 0 radical (unpaired) electrons. The molecule has 0 aliphatic carbocycles. The lowest BCUT2D eigenvalue weighted by atomic mass is 9.90. The van der Waals surface area contributed by atoms with Gasteiger partial charge in [-0.3, -0.25) is 4.98 Å². The van der Waals surface area contributed by atoms with Gasteiger partial charge in [0.1, 0.15) is 5.75 Å². The minimum Gasteiger partial charge on any atom is -0.497 e. The Kier molecular flexibility index (Phi) is 5.03. The lowest BCUT2D eigenvalue weighted by molar-refractivity contribution is 0.327. The highest BCUT2D eigenvalue weighted by molar-refractivity contribution is 7.86. The van der Waals surface area contributed by atoms with Crippen LogP contribution in [-0.2, 0) is 10.2 Å². The third-order valence-electron chi connectivity index (χ3n) is 5.86. The Balaban J connectivity index is 1.68. The fraction of sp³-hybridized carbons (Fsp3) is 0.450. The molecule has 2 fully saturated rings. The second-order valence-electron chi connectivity index (χ2n) is 7.61. The van der Waals surface area contributed by atoms with Crippen LogP contribution in [0.5, 0.6) is 5.75 Å².